The van der Waals surface area contributed by atoms with Gasteiger partial charge in [-0.1, -0.05) is 0 Å². The second-order valence-corrected chi connectivity index (χ2v) is 1.96. The molecule has 0 aliphatic heterocycles. The molecule has 0 atom stereocenters. The zero-order valence-corrected chi connectivity index (χ0v) is 5.26. The highest BCUT2D eigenvalue weighted by Gasteiger charge is 1.89. The molecule has 1 aromatic heterocycles. The first-order valence-electron chi connectivity index (χ1n) is 2.80. The number of pyridine rings is 1. The molecule has 0 aliphatic rings. The van der Waals surface area contributed by atoms with E-state index in [1.165, 1.54) is 0 Å². The molecule has 1 heterocycles. The quantitative estimate of drug-likeness (QED) is 0.558. The minimum atomic E-state index is -0.471. The Balaban J connectivity index is 2.94. The first-order chi connectivity index (χ1) is 4.33. The average molecular weight is 125 g/mol. The summed E-state index contributed by atoms with van der Waals surface area (Å²) in [5, 5.41) is 0. The van der Waals surface area contributed by atoms with Gasteiger partial charge in [-0.05, 0) is 24.6 Å². The van der Waals surface area contributed by atoms with Crippen molar-refractivity contribution in [2.45, 2.75) is 13.6 Å². The fourth-order valence-electron chi connectivity index (χ4n) is 0.672. The molecule has 0 aliphatic carbocycles. The maximum absolute atomic E-state index is 11.8. The second-order valence-electron chi connectivity index (χ2n) is 1.96. The van der Waals surface area contributed by atoms with E-state index in [-0.39, 0.29) is 0 Å². The van der Waals surface area contributed by atoms with E-state index in [9.17, 15) is 4.39 Å². The van der Waals surface area contributed by atoms with Gasteiger partial charge in [0, 0.05) is 6.20 Å². The van der Waals surface area contributed by atoms with Crippen LogP contribution in [0, 0.1) is 6.92 Å². The third kappa shape index (κ3) is 1.49. The van der Waals surface area contributed by atoms with Crippen LogP contribution >= 0.6 is 0 Å². The Labute approximate surface area is 53.5 Å². The van der Waals surface area contributed by atoms with E-state index in [4.69, 9.17) is 0 Å². The fraction of sp³-hybridized carbons (Fsp3) is 0.286. The highest BCUT2D eigenvalue weighted by Crippen LogP contribution is 2.00. The van der Waals surface area contributed by atoms with Gasteiger partial charge in [0.05, 0.1) is 5.69 Å². The van der Waals surface area contributed by atoms with Crippen molar-refractivity contribution in [1.82, 2.24) is 4.98 Å². The predicted octanol–water partition coefficient (Wildman–Crippen LogP) is 1.86. The molecular formula is C7H8FN. The topological polar surface area (TPSA) is 12.9 Å². The molecule has 0 spiro atoms. The summed E-state index contributed by atoms with van der Waals surface area (Å²) in [4.78, 5) is 3.78. The summed E-state index contributed by atoms with van der Waals surface area (Å²) in [6, 6.07) is 3.58. The van der Waals surface area contributed by atoms with Crippen LogP contribution in [0.15, 0.2) is 18.3 Å². The van der Waals surface area contributed by atoms with Gasteiger partial charge in [0.15, 0.2) is 0 Å². The minimum absolute atomic E-state index is 0.471. The van der Waals surface area contributed by atoms with E-state index in [2.05, 4.69) is 4.98 Å². The van der Waals surface area contributed by atoms with Crippen molar-refractivity contribution in [2.75, 3.05) is 0 Å². The molecule has 1 rings (SSSR count). The molecule has 0 aromatic carbocycles. The molecule has 48 valence electrons. The molecule has 2 heteroatoms. The van der Waals surface area contributed by atoms with E-state index in [0.29, 0.717) is 5.69 Å². The zero-order valence-electron chi connectivity index (χ0n) is 5.26. The van der Waals surface area contributed by atoms with Gasteiger partial charge >= 0.3 is 0 Å². The zero-order chi connectivity index (χ0) is 6.69. The minimum Gasteiger partial charge on any atom is -0.258 e. The summed E-state index contributed by atoms with van der Waals surface area (Å²) >= 11 is 0. The van der Waals surface area contributed by atoms with E-state index in [0.717, 1.165) is 5.56 Å². The van der Waals surface area contributed by atoms with Gasteiger partial charge in [-0.15, -0.1) is 0 Å². The predicted molar refractivity (Wildman–Crippen MR) is 33.8 cm³/mol. The van der Waals surface area contributed by atoms with Crippen LogP contribution < -0.4 is 0 Å². The second kappa shape index (κ2) is 2.58. The lowest BCUT2D eigenvalue weighted by atomic mass is 10.2. The van der Waals surface area contributed by atoms with Crippen molar-refractivity contribution in [2.24, 2.45) is 0 Å². The fourth-order valence-corrected chi connectivity index (χ4v) is 0.672. The van der Waals surface area contributed by atoms with Gasteiger partial charge in [-0.3, -0.25) is 4.98 Å². The van der Waals surface area contributed by atoms with Gasteiger partial charge < -0.3 is 0 Å². The molecule has 0 radical (unpaired) electrons. The first kappa shape index (κ1) is 6.20. The Kier molecular flexibility index (Phi) is 1.78. The van der Waals surface area contributed by atoms with Crippen LogP contribution in [0.5, 0.6) is 0 Å². The van der Waals surface area contributed by atoms with E-state index in [1.54, 1.807) is 12.3 Å². The number of hydrogen-bond donors (Lipinski definition) is 0. The smallest absolute Gasteiger partial charge is 0.131 e. The summed E-state index contributed by atoms with van der Waals surface area (Å²) in [7, 11) is 0. The summed E-state index contributed by atoms with van der Waals surface area (Å²) in [6.45, 7) is 1.45. The third-order valence-electron chi connectivity index (χ3n) is 1.11. The van der Waals surface area contributed by atoms with Crippen molar-refractivity contribution >= 4 is 0 Å². The summed E-state index contributed by atoms with van der Waals surface area (Å²) in [5.74, 6) is 0. The maximum atomic E-state index is 11.8. The Morgan fingerprint density at radius 2 is 2.44 bits per heavy atom. The Morgan fingerprint density at radius 3 is 2.89 bits per heavy atom. The number of aromatic nitrogens is 1. The lowest BCUT2D eigenvalue weighted by molar-refractivity contribution is 0.476. The molecule has 0 bridgehead atoms. The number of alkyl halides is 1. The van der Waals surface area contributed by atoms with Crippen LogP contribution in [0.2, 0.25) is 0 Å². The molecular weight excluding hydrogens is 117 g/mol. The van der Waals surface area contributed by atoms with Crippen molar-refractivity contribution in [3.8, 4) is 0 Å². The Bertz CT molecular complexity index is 198. The van der Waals surface area contributed by atoms with Gasteiger partial charge in [0.1, 0.15) is 6.67 Å². The monoisotopic (exact) mass is 125 g/mol. The maximum Gasteiger partial charge on any atom is 0.131 e. The molecule has 0 unspecified atom stereocenters. The van der Waals surface area contributed by atoms with Crippen LogP contribution in [0.4, 0.5) is 4.39 Å². The van der Waals surface area contributed by atoms with Crippen LogP contribution in [0.25, 0.3) is 0 Å². The molecule has 0 amide bonds. The largest absolute Gasteiger partial charge is 0.258 e. The molecule has 9 heavy (non-hydrogen) atoms. The van der Waals surface area contributed by atoms with E-state index >= 15 is 0 Å². The molecule has 0 fully saturated rings. The Hall–Kier alpha value is -0.920. The average Bonchev–Trinajstić information content (AvgIpc) is 1.88. The van der Waals surface area contributed by atoms with Gasteiger partial charge in [0.2, 0.25) is 0 Å². The molecule has 1 aromatic rings. The number of nitrogens with zero attached hydrogens (tertiary/aromatic N) is 1. The first-order valence-corrected chi connectivity index (χ1v) is 2.80. The molecule has 1 nitrogen and oxygen atoms in total. The van der Waals surface area contributed by atoms with Gasteiger partial charge in [0.25, 0.3) is 0 Å². The molecule has 0 N–H and O–H groups in total. The highest BCUT2D eigenvalue weighted by molar-refractivity contribution is 5.13. The Morgan fingerprint density at radius 1 is 1.67 bits per heavy atom. The van der Waals surface area contributed by atoms with Gasteiger partial charge in [-0.25, -0.2) is 4.39 Å². The number of aryl methyl sites for hydroxylation is 1. The van der Waals surface area contributed by atoms with E-state index in [1.807, 2.05) is 13.0 Å². The molecule has 0 saturated carbocycles. The molecule has 0 saturated heterocycles. The lowest BCUT2D eigenvalue weighted by Gasteiger charge is -1.92. The summed E-state index contributed by atoms with van der Waals surface area (Å²) < 4.78 is 11.8. The van der Waals surface area contributed by atoms with Crippen molar-refractivity contribution < 1.29 is 4.39 Å². The highest BCUT2D eigenvalue weighted by atomic mass is 19.1. The van der Waals surface area contributed by atoms with Crippen LogP contribution in [-0.2, 0) is 6.67 Å². The van der Waals surface area contributed by atoms with Crippen LogP contribution in [0.1, 0.15) is 11.3 Å². The number of rotatable bonds is 1. The van der Waals surface area contributed by atoms with Crippen LogP contribution in [-0.4, -0.2) is 4.98 Å². The van der Waals surface area contributed by atoms with Crippen molar-refractivity contribution in [3.05, 3.63) is 29.6 Å². The number of halogens is 1. The van der Waals surface area contributed by atoms with Crippen molar-refractivity contribution in [3.63, 3.8) is 0 Å². The van der Waals surface area contributed by atoms with E-state index < -0.39 is 6.67 Å². The van der Waals surface area contributed by atoms with Crippen molar-refractivity contribution in [1.29, 1.82) is 0 Å². The summed E-state index contributed by atoms with van der Waals surface area (Å²) in [6.07, 6.45) is 1.62. The normalized spacial score (nSPS) is 9.56. The number of hydrogen-bond acceptors (Lipinski definition) is 1. The SMILES string of the molecule is Cc1ccnc(CF)c1. The lowest BCUT2D eigenvalue weighted by Crippen LogP contribution is -1.84. The standard InChI is InChI=1S/C7H8FN/c1-6-2-3-9-7(4-6)5-8/h2-4H,5H2,1H3. The van der Waals surface area contributed by atoms with Crippen LogP contribution in [0.3, 0.4) is 0 Å². The third-order valence-corrected chi connectivity index (χ3v) is 1.11. The van der Waals surface area contributed by atoms with Gasteiger partial charge in [-0.2, -0.15) is 0 Å². The summed E-state index contributed by atoms with van der Waals surface area (Å²) in [5.41, 5.74) is 1.56.